The SMILES string of the molecule is C[C@@H](OC1CCC2NNC(c3cnc(N4CCC5(CC4)CNC(=O)C5)nc3)C2C1)c1c(Cl)cncc1Cl. The van der Waals surface area contributed by atoms with Gasteiger partial charge in [-0.1, -0.05) is 23.2 Å². The van der Waals surface area contributed by atoms with Crippen LogP contribution in [0.25, 0.3) is 0 Å². The van der Waals surface area contributed by atoms with Gasteiger partial charge < -0.3 is 15.0 Å². The normalized spacial score (nSPS) is 29.8. The van der Waals surface area contributed by atoms with E-state index in [1.54, 1.807) is 12.4 Å². The number of ether oxygens (including phenoxy) is 1. The number of anilines is 1. The first kappa shape index (κ1) is 25.2. The van der Waals surface area contributed by atoms with Crippen LogP contribution >= 0.6 is 23.2 Å². The molecule has 37 heavy (non-hydrogen) atoms. The molecule has 4 fully saturated rings. The van der Waals surface area contributed by atoms with Crippen molar-refractivity contribution in [2.75, 3.05) is 24.5 Å². The molecule has 1 amide bonds. The first-order valence-electron chi connectivity index (χ1n) is 13.2. The highest BCUT2D eigenvalue weighted by Crippen LogP contribution is 2.42. The van der Waals surface area contributed by atoms with Crippen molar-refractivity contribution in [2.45, 2.75) is 69.7 Å². The van der Waals surface area contributed by atoms with Crippen LogP contribution in [-0.4, -0.2) is 52.6 Å². The zero-order valence-electron chi connectivity index (χ0n) is 20.9. The number of carbonyl (C=O) groups is 1. The lowest BCUT2D eigenvalue weighted by Crippen LogP contribution is -2.42. The van der Waals surface area contributed by atoms with Crippen LogP contribution < -0.4 is 21.1 Å². The predicted octanol–water partition coefficient (Wildman–Crippen LogP) is 3.75. The summed E-state index contributed by atoms with van der Waals surface area (Å²) in [5, 5.41) is 4.06. The standard InChI is InChI=1S/C26H33Cl2N7O2/c1-15(23-19(27)12-29-13-20(23)28)37-17-2-3-21-18(8-17)24(34-33-21)16-10-30-25(31-11-16)35-6-4-26(5-7-35)9-22(36)32-14-26/h10-13,15,17-18,21,24,33-34H,2-9,14H2,1H3,(H,32,36)/t15-,17?,18?,21?,24?/m1/s1. The Bertz CT molecular complexity index is 1120. The van der Waals surface area contributed by atoms with Gasteiger partial charge in [0, 0.05) is 68.0 Å². The zero-order chi connectivity index (χ0) is 25.6. The van der Waals surface area contributed by atoms with E-state index < -0.39 is 0 Å². The van der Waals surface area contributed by atoms with Gasteiger partial charge in [0.15, 0.2) is 0 Å². The van der Waals surface area contributed by atoms with Gasteiger partial charge in [0.2, 0.25) is 11.9 Å². The predicted molar refractivity (Wildman–Crippen MR) is 141 cm³/mol. The fourth-order valence-corrected chi connectivity index (χ4v) is 7.25. The first-order chi connectivity index (χ1) is 17.9. The van der Waals surface area contributed by atoms with Gasteiger partial charge in [-0.05, 0) is 50.4 Å². The van der Waals surface area contributed by atoms with Crippen LogP contribution in [0.3, 0.4) is 0 Å². The topological polar surface area (TPSA) is 104 Å². The van der Waals surface area contributed by atoms with Crippen molar-refractivity contribution >= 4 is 35.1 Å². The van der Waals surface area contributed by atoms with Crippen LogP contribution in [0.15, 0.2) is 24.8 Å². The second-order valence-corrected chi connectivity index (χ2v) is 11.8. The molecule has 0 aromatic carbocycles. The number of fused-ring (bicyclic) bond motifs is 1. The minimum atomic E-state index is -0.213. The van der Waals surface area contributed by atoms with Gasteiger partial charge in [-0.3, -0.25) is 15.2 Å². The van der Waals surface area contributed by atoms with Crippen LogP contribution in [0.2, 0.25) is 10.0 Å². The van der Waals surface area contributed by atoms with E-state index in [1.807, 2.05) is 19.3 Å². The number of pyridine rings is 1. The molecule has 4 unspecified atom stereocenters. The Kier molecular flexibility index (Phi) is 7.00. The van der Waals surface area contributed by atoms with Crippen molar-refractivity contribution in [3.63, 3.8) is 0 Å². The van der Waals surface area contributed by atoms with Crippen LogP contribution in [0.1, 0.15) is 68.7 Å². The molecule has 1 spiro atoms. The molecular weight excluding hydrogens is 513 g/mol. The number of piperidine rings is 1. The summed E-state index contributed by atoms with van der Waals surface area (Å²) in [6.07, 6.45) is 12.6. The zero-order valence-corrected chi connectivity index (χ0v) is 22.4. The van der Waals surface area contributed by atoms with Gasteiger partial charge in [-0.15, -0.1) is 0 Å². The lowest BCUT2D eigenvalue weighted by Gasteiger charge is -2.38. The lowest BCUT2D eigenvalue weighted by molar-refractivity contribution is -0.119. The Balaban J connectivity index is 1.08. The van der Waals surface area contributed by atoms with E-state index in [0.29, 0.717) is 28.4 Å². The van der Waals surface area contributed by atoms with Crippen LogP contribution in [0.5, 0.6) is 0 Å². The highest BCUT2D eigenvalue weighted by Gasteiger charge is 2.43. The summed E-state index contributed by atoms with van der Waals surface area (Å²) in [5.41, 5.74) is 8.96. The number of nitrogens with one attached hydrogen (secondary N) is 3. The maximum Gasteiger partial charge on any atom is 0.225 e. The van der Waals surface area contributed by atoms with Crippen molar-refractivity contribution in [3.8, 4) is 0 Å². The van der Waals surface area contributed by atoms with Gasteiger partial charge in [-0.2, -0.15) is 0 Å². The van der Waals surface area contributed by atoms with E-state index in [4.69, 9.17) is 37.9 Å². The minimum absolute atomic E-state index is 0.110. The number of hydrogen-bond acceptors (Lipinski definition) is 8. The molecule has 0 bridgehead atoms. The molecular formula is C26H33Cl2N7O2. The van der Waals surface area contributed by atoms with Crippen LogP contribution in [0, 0.1) is 11.3 Å². The summed E-state index contributed by atoms with van der Waals surface area (Å²) in [4.78, 5) is 27.5. The highest BCUT2D eigenvalue weighted by atomic mass is 35.5. The lowest BCUT2D eigenvalue weighted by atomic mass is 9.78. The molecule has 198 valence electrons. The Hall–Kier alpha value is -2.04. The average molecular weight is 547 g/mol. The third-order valence-corrected chi connectivity index (χ3v) is 9.32. The largest absolute Gasteiger partial charge is 0.370 e. The number of amides is 1. The second-order valence-electron chi connectivity index (χ2n) is 11.0. The van der Waals surface area contributed by atoms with Gasteiger partial charge in [0.25, 0.3) is 0 Å². The molecule has 9 nitrogen and oxygen atoms in total. The number of nitrogens with zero attached hydrogens (tertiary/aromatic N) is 4. The maximum atomic E-state index is 11.7. The summed E-state index contributed by atoms with van der Waals surface area (Å²) < 4.78 is 6.46. The first-order valence-corrected chi connectivity index (χ1v) is 14.0. The van der Waals surface area contributed by atoms with Crippen molar-refractivity contribution in [3.05, 3.63) is 46.0 Å². The summed E-state index contributed by atoms with van der Waals surface area (Å²) in [5.74, 6) is 1.31. The molecule has 3 N–H and O–H groups in total. The van der Waals surface area contributed by atoms with E-state index in [9.17, 15) is 4.79 Å². The van der Waals surface area contributed by atoms with E-state index in [-0.39, 0.29) is 29.6 Å². The number of aromatic nitrogens is 3. The van der Waals surface area contributed by atoms with Crippen molar-refractivity contribution < 1.29 is 9.53 Å². The highest BCUT2D eigenvalue weighted by molar-refractivity contribution is 6.35. The summed E-state index contributed by atoms with van der Waals surface area (Å²) in [7, 11) is 0. The molecule has 1 saturated carbocycles. The van der Waals surface area contributed by atoms with Crippen LogP contribution in [-0.2, 0) is 9.53 Å². The third kappa shape index (κ3) is 5.04. The molecule has 5 heterocycles. The van der Waals surface area contributed by atoms with Gasteiger partial charge >= 0.3 is 0 Å². The molecule has 11 heteroatoms. The number of rotatable bonds is 5. The molecule has 3 aliphatic heterocycles. The summed E-state index contributed by atoms with van der Waals surface area (Å²) in [6, 6.07) is 0.503. The number of carbonyl (C=O) groups excluding carboxylic acids is 1. The molecule has 5 atom stereocenters. The Morgan fingerprint density at radius 2 is 1.81 bits per heavy atom. The van der Waals surface area contributed by atoms with Gasteiger partial charge in [-0.25, -0.2) is 15.4 Å². The van der Waals surface area contributed by atoms with Crippen molar-refractivity contribution in [1.29, 1.82) is 0 Å². The van der Waals surface area contributed by atoms with Gasteiger partial charge in [0.1, 0.15) is 0 Å². The van der Waals surface area contributed by atoms with E-state index in [1.165, 1.54) is 0 Å². The Morgan fingerprint density at radius 3 is 2.49 bits per heavy atom. The van der Waals surface area contributed by atoms with Crippen molar-refractivity contribution in [2.24, 2.45) is 11.3 Å². The molecule has 3 saturated heterocycles. The van der Waals surface area contributed by atoms with Crippen LogP contribution in [0.4, 0.5) is 5.95 Å². The Labute approximate surface area is 227 Å². The van der Waals surface area contributed by atoms with E-state index in [2.05, 4.69) is 26.1 Å². The second kappa shape index (κ2) is 10.3. The molecule has 6 rings (SSSR count). The minimum Gasteiger partial charge on any atom is -0.370 e. The van der Waals surface area contributed by atoms with E-state index >= 15 is 0 Å². The number of hydrazine groups is 1. The molecule has 1 aliphatic carbocycles. The smallest absolute Gasteiger partial charge is 0.225 e. The number of hydrogen-bond donors (Lipinski definition) is 3. The maximum absolute atomic E-state index is 11.7. The molecule has 2 aromatic heterocycles. The third-order valence-electron chi connectivity index (χ3n) is 8.72. The fraction of sp³-hybridized carbons (Fsp3) is 0.615. The summed E-state index contributed by atoms with van der Waals surface area (Å²) >= 11 is 12.7. The quantitative estimate of drug-likeness (QED) is 0.521. The molecule has 0 radical (unpaired) electrons. The number of halogens is 2. The molecule has 2 aromatic rings. The average Bonchev–Trinajstić information content (AvgIpc) is 3.47. The summed E-state index contributed by atoms with van der Waals surface area (Å²) in [6.45, 7) is 4.56. The fourth-order valence-electron chi connectivity index (χ4n) is 6.58. The van der Waals surface area contributed by atoms with Gasteiger partial charge in [0.05, 0.1) is 28.3 Å². The van der Waals surface area contributed by atoms with Crippen molar-refractivity contribution in [1.82, 2.24) is 31.1 Å². The monoisotopic (exact) mass is 545 g/mol. The Morgan fingerprint density at radius 1 is 1.08 bits per heavy atom. The molecule has 4 aliphatic rings. The van der Waals surface area contributed by atoms with E-state index in [0.717, 1.165) is 68.8 Å².